The highest BCUT2D eigenvalue weighted by Gasteiger charge is 2.36. The first kappa shape index (κ1) is 17.3. The molecule has 0 fully saturated rings. The molecule has 0 rings (SSSR count). The predicted octanol–water partition coefficient (Wildman–Crippen LogP) is 1.78. The lowest BCUT2D eigenvalue weighted by molar-refractivity contribution is -0.120. The molecule has 0 aromatic heterocycles. The van der Waals surface area contributed by atoms with Crippen LogP contribution < -0.4 is 5.73 Å². The normalized spacial score (nSPS) is 16.8. The van der Waals surface area contributed by atoms with Crippen molar-refractivity contribution in [3.63, 3.8) is 0 Å². The summed E-state index contributed by atoms with van der Waals surface area (Å²) in [6.45, 7) is 9.79. The van der Waals surface area contributed by atoms with Gasteiger partial charge >= 0.3 is 0 Å². The van der Waals surface area contributed by atoms with Gasteiger partial charge in [-0.3, -0.25) is 4.79 Å². The maximum Gasteiger partial charge on any atom is 0.220 e. The zero-order valence-corrected chi connectivity index (χ0v) is 13.1. The van der Waals surface area contributed by atoms with Gasteiger partial charge in [0.2, 0.25) is 5.91 Å². The van der Waals surface area contributed by atoms with Crippen LogP contribution in [-0.4, -0.2) is 30.2 Å². The number of aliphatic hydroxyl groups is 1. The molecule has 0 spiro atoms. The van der Waals surface area contributed by atoms with Crippen molar-refractivity contribution in [3.05, 3.63) is 12.2 Å². The molecule has 5 heteroatoms. The van der Waals surface area contributed by atoms with Gasteiger partial charge in [-0.25, -0.2) is 0 Å². The van der Waals surface area contributed by atoms with Crippen molar-refractivity contribution in [3.8, 4) is 0 Å². The van der Waals surface area contributed by atoms with E-state index in [0.717, 1.165) is 6.42 Å². The third kappa shape index (κ3) is 5.80. The number of hydrogen-bond donors (Lipinski definition) is 3. The van der Waals surface area contributed by atoms with Crippen LogP contribution in [-0.2, 0) is 4.79 Å². The molecule has 0 aliphatic carbocycles. The van der Waals surface area contributed by atoms with Gasteiger partial charge < -0.3 is 15.6 Å². The molecule has 0 radical (unpaired) electrons. The summed E-state index contributed by atoms with van der Waals surface area (Å²) >= 11 is 0. The molecule has 0 saturated carbocycles. The molecule has 4 N–H and O–H groups in total. The lowest BCUT2D eigenvalue weighted by Gasteiger charge is -2.34. The highest BCUT2D eigenvalue weighted by molar-refractivity contribution is 6.72. The molecule has 2 atom stereocenters. The second-order valence-corrected chi connectivity index (χ2v) is 10.6. The van der Waals surface area contributed by atoms with Gasteiger partial charge in [-0.05, 0) is 24.6 Å². The minimum atomic E-state index is -2.20. The van der Waals surface area contributed by atoms with Crippen molar-refractivity contribution in [1.29, 1.82) is 0 Å². The molecule has 18 heavy (non-hydrogen) atoms. The van der Waals surface area contributed by atoms with E-state index in [1.807, 2.05) is 46.0 Å². The maximum atomic E-state index is 10.7. The van der Waals surface area contributed by atoms with Crippen LogP contribution in [0.25, 0.3) is 0 Å². The zero-order valence-electron chi connectivity index (χ0n) is 12.1. The van der Waals surface area contributed by atoms with Crippen LogP contribution in [0.1, 0.15) is 33.6 Å². The Kier molecular flexibility index (Phi) is 6.26. The van der Waals surface area contributed by atoms with Gasteiger partial charge in [-0.1, -0.05) is 32.9 Å². The van der Waals surface area contributed by atoms with Crippen molar-refractivity contribution < 1.29 is 14.7 Å². The van der Waals surface area contributed by atoms with Crippen molar-refractivity contribution in [2.24, 2.45) is 11.7 Å². The predicted molar refractivity (Wildman–Crippen MR) is 76.5 cm³/mol. The molecule has 0 aromatic carbocycles. The van der Waals surface area contributed by atoms with E-state index in [9.17, 15) is 14.7 Å². The Morgan fingerprint density at radius 2 is 1.94 bits per heavy atom. The van der Waals surface area contributed by atoms with Gasteiger partial charge in [0.25, 0.3) is 0 Å². The topological polar surface area (TPSA) is 83.6 Å². The fourth-order valence-corrected chi connectivity index (χ4v) is 1.96. The third-order valence-corrected chi connectivity index (χ3v) is 7.26. The van der Waals surface area contributed by atoms with Crippen LogP contribution in [0.15, 0.2) is 12.2 Å². The van der Waals surface area contributed by atoms with Gasteiger partial charge in [0.05, 0.1) is 12.5 Å². The Hall–Kier alpha value is -0.653. The quantitative estimate of drug-likeness (QED) is 0.488. The lowest BCUT2D eigenvalue weighted by Crippen LogP contribution is -2.38. The molecule has 1 amide bonds. The lowest BCUT2D eigenvalue weighted by atomic mass is 9.99. The van der Waals surface area contributed by atoms with Crippen molar-refractivity contribution >= 4 is 14.2 Å². The maximum absolute atomic E-state index is 10.7. The molecule has 0 saturated heterocycles. The second kappa shape index (κ2) is 6.50. The van der Waals surface area contributed by atoms with Crippen LogP contribution in [0, 0.1) is 5.92 Å². The number of carbonyl (C=O) groups is 1. The molecule has 0 bridgehead atoms. The summed E-state index contributed by atoms with van der Waals surface area (Å²) in [5, 5.41) is 9.57. The Morgan fingerprint density at radius 3 is 2.33 bits per heavy atom. The highest BCUT2D eigenvalue weighted by Crippen LogP contribution is 2.39. The average molecular weight is 273 g/mol. The number of allylic oxidation sites excluding steroid dienone is 1. The Balaban J connectivity index is 4.37. The molecule has 0 aromatic rings. The number of primary amides is 1. The van der Waals surface area contributed by atoms with Crippen molar-refractivity contribution in [1.82, 2.24) is 0 Å². The van der Waals surface area contributed by atoms with E-state index < -0.39 is 20.3 Å². The Labute approximate surface area is 111 Å². The average Bonchev–Trinajstić information content (AvgIpc) is 2.14. The monoisotopic (exact) mass is 273 g/mol. The molecular weight excluding hydrogens is 246 g/mol. The van der Waals surface area contributed by atoms with Gasteiger partial charge in [0.1, 0.15) is 0 Å². The molecule has 106 valence electrons. The van der Waals surface area contributed by atoms with Gasteiger partial charge in [0, 0.05) is 5.92 Å². The molecule has 0 heterocycles. The minimum absolute atomic E-state index is 0.0187. The van der Waals surface area contributed by atoms with Crippen LogP contribution in [0.3, 0.4) is 0 Å². The van der Waals surface area contributed by atoms with E-state index in [1.54, 1.807) is 0 Å². The molecular formula is C13H27NO3Si. The van der Waals surface area contributed by atoms with Gasteiger partial charge in [-0.15, -0.1) is 0 Å². The van der Waals surface area contributed by atoms with Crippen LogP contribution in [0.2, 0.25) is 18.1 Å². The highest BCUT2D eigenvalue weighted by atomic mass is 28.4. The fraction of sp³-hybridized carbons (Fsp3) is 0.769. The van der Waals surface area contributed by atoms with Crippen LogP contribution in [0.5, 0.6) is 0 Å². The number of amides is 1. The van der Waals surface area contributed by atoms with Gasteiger partial charge in [0.15, 0.2) is 8.32 Å². The number of nitrogens with two attached hydrogens (primary N) is 1. The summed E-state index contributed by atoms with van der Waals surface area (Å²) in [7, 11) is -2.20. The zero-order chi connectivity index (χ0) is 14.6. The summed E-state index contributed by atoms with van der Waals surface area (Å²) in [6.07, 6.45) is 3.86. The molecule has 4 nitrogen and oxygen atoms in total. The molecule has 0 unspecified atom stereocenters. The van der Waals surface area contributed by atoms with Crippen molar-refractivity contribution in [2.45, 2.75) is 57.8 Å². The summed E-state index contributed by atoms with van der Waals surface area (Å²) in [4.78, 5) is 20.8. The second-order valence-electron chi connectivity index (χ2n) is 6.17. The van der Waals surface area contributed by atoms with E-state index in [1.165, 1.54) is 0 Å². The van der Waals surface area contributed by atoms with Crippen LogP contribution in [0.4, 0.5) is 0 Å². The molecule has 0 aliphatic heterocycles. The van der Waals surface area contributed by atoms with E-state index in [2.05, 4.69) is 0 Å². The number of carbonyl (C=O) groups excluding carboxylic acids is 1. The first-order valence-corrected chi connectivity index (χ1v) is 9.27. The number of rotatable bonds is 7. The number of aliphatic hydroxyl groups excluding tert-OH is 1. The molecule has 0 aliphatic rings. The van der Waals surface area contributed by atoms with Crippen molar-refractivity contribution in [2.75, 3.05) is 0 Å². The summed E-state index contributed by atoms with van der Waals surface area (Å²) < 4.78 is 0. The van der Waals surface area contributed by atoms with Gasteiger partial charge in [-0.2, -0.15) is 0 Å². The first-order valence-electron chi connectivity index (χ1n) is 6.33. The van der Waals surface area contributed by atoms with Crippen LogP contribution >= 0.6 is 0 Å². The van der Waals surface area contributed by atoms with E-state index in [-0.39, 0.29) is 17.4 Å². The van der Waals surface area contributed by atoms with E-state index >= 15 is 0 Å². The third-order valence-electron chi connectivity index (χ3n) is 3.74. The Bertz CT molecular complexity index is 308. The fourth-order valence-electron chi connectivity index (χ4n) is 1.35. The van der Waals surface area contributed by atoms with E-state index in [0.29, 0.717) is 0 Å². The largest absolute Gasteiger partial charge is 0.432 e. The first-order chi connectivity index (χ1) is 7.97. The SMILES string of the molecule is C[C@H](/C=C/CC(C)(C)[Si](C)(C)O)[C@@H](O)CC(N)=O. The standard InChI is InChI=1S/C13H27NO3Si/c1-10(11(15)9-12(14)16)7-6-8-13(2,3)18(4,5)17/h6-7,10-11,15,17H,8-9H2,1-5H3,(H2,14,16)/b7-6+/t10-,11+/m1/s1. The summed E-state index contributed by atoms with van der Waals surface area (Å²) in [5.74, 6) is -0.608. The minimum Gasteiger partial charge on any atom is -0.432 e. The Morgan fingerprint density at radius 1 is 1.44 bits per heavy atom. The number of hydrogen-bond acceptors (Lipinski definition) is 3. The van der Waals surface area contributed by atoms with E-state index in [4.69, 9.17) is 5.73 Å². The summed E-state index contributed by atoms with van der Waals surface area (Å²) in [6, 6.07) is 0. The smallest absolute Gasteiger partial charge is 0.220 e. The summed E-state index contributed by atoms with van der Waals surface area (Å²) in [5.41, 5.74) is 5.04.